The van der Waals surface area contributed by atoms with E-state index < -0.39 is 6.10 Å². The molecule has 0 amide bonds. The molecule has 1 aromatic carbocycles. The molecule has 4 heteroatoms. The SMILES string of the molecule is Cc1ccc(CC(O)Cc2c(Br)c(C)nn2C)cc1. The van der Waals surface area contributed by atoms with E-state index in [2.05, 4.69) is 52.2 Å². The maximum Gasteiger partial charge on any atom is 0.0738 e. The maximum absolute atomic E-state index is 10.2. The lowest BCUT2D eigenvalue weighted by Gasteiger charge is -2.11. The molecule has 0 aliphatic heterocycles. The number of benzene rings is 1. The van der Waals surface area contributed by atoms with E-state index in [0.29, 0.717) is 12.8 Å². The van der Waals surface area contributed by atoms with Crippen molar-refractivity contribution in [3.8, 4) is 0 Å². The molecule has 1 unspecified atom stereocenters. The molecule has 1 aromatic heterocycles. The molecule has 0 aliphatic rings. The normalized spacial score (nSPS) is 12.7. The Hall–Kier alpha value is -1.13. The minimum atomic E-state index is -0.395. The summed E-state index contributed by atoms with van der Waals surface area (Å²) in [6, 6.07) is 8.29. The van der Waals surface area contributed by atoms with Gasteiger partial charge in [-0.15, -0.1) is 0 Å². The molecule has 2 rings (SSSR count). The Kier molecular flexibility index (Phi) is 4.42. The Bertz CT molecular complexity index is 560. The van der Waals surface area contributed by atoms with Crippen LogP contribution in [-0.2, 0) is 19.9 Å². The van der Waals surface area contributed by atoms with Crippen LogP contribution in [-0.4, -0.2) is 21.0 Å². The standard InChI is InChI=1S/C15H19BrN2O/c1-10-4-6-12(7-5-10)8-13(19)9-14-15(16)11(2)17-18(14)3/h4-7,13,19H,8-9H2,1-3H3. The highest BCUT2D eigenvalue weighted by Crippen LogP contribution is 2.22. The number of aliphatic hydroxyl groups is 1. The van der Waals surface area contributed by atoms with E-state index in [1.165, 1.54) is 5.56 Å². The zero-order valence-electron chi connectivity index (χ0n) is 11.5. The third-order valence-corrected chi connectivity index (χ3v) is 4.31. The molecule has 2 aromatic rings. The molecular formula is C15H19BrN2O. The molecule has 0 aliphatic carbocycles. The van der Waals surface area contributed by atoms with Gasteiger partial charge in [0.1, 0.15) is 0 Å². The zero-order chi connectivity index (χ0) is 14.0. The van der Waals surface area contributed by atoms with Crippen LogP contribution in [0.15, 0.2) is 28.7 Å². The molecular weight excluding hydrogens is 304 g/mol. The lowest BCUT2D eigenvalue weighted by atomic mass is 10.0. The van der Waals surface area contributed by atoms with Gasteiger partial charge in [0.15, 0.2) is 0 Å². The summed E-state index contributed by atoms with van der Waals surface area (Å²) in [6.07, 6.45) is 0.872. The molecule has 102 valence electrons. The highest BCUT2D eigenvalue weighted by molar-refractivity contribution is 9.10. The predicted octanol–water partition coefficient (Wildman–Crippen LogP) is 2.95. The van der Waals surface area contributed by atoms with E-state index in [4.69, 9.17) is 0 Å². The quantitative estimate of drug-likeness (QED) is 0.939. The van der Waals surface area contributed by atoms with Gasteiger partial charge in [-0.3, -0.25) is 4.68 Å². The van der Waals surface area contributed by atoms with Crippen LogP contribution < -0.4 is 0 Å². The smallest absolute Gasteiger partial charge is 0.0738 e. The van der Waals surface area contributed by atoms with Gasteiger partial charge in [0, 0.05) is 13.5 Å². The van der Waals surface area contributed by atoms with E-state index in [1.807, 2.05) is 18.7 Å². The average Bonchev–Trinajstić information content (AvgIpc) is 2.59. The third-order valence-electron chi connectivity index (χ3n) is 3.28. The first kappa shape index (κ1) is 14.3. The molecule has 19 heavy (non-hydrogen) atoms. The first-order chi connectivity index (χ1) is 8.97. The largest absolute Gasteiger partial charge is 0.392 e. The number of hydrogen-bond donors (Lipinski definition) is 1. The zero-order valence-corrected chi connectivity index (χ0v) is 13.1. The van der Waals surface area contributed by atoms with Crippen molar-refractivity contribution in [3.05, 3.63) is 51.3 Å². The van der Waals surface area contributed by atoms with Gasteiger partial charge < -0.3 is 5.11 Å². The topological polar surface area (TPSA) is 38.1 Å². The number of halogens is 1. The Morgan fingerprint density at radius 2 is 1.84 bits per heavy atom. The van der Waals surface area contributed by atoms with Crippen molar-refractivity contribution >= 4 is 15.9 Å². The van der Waals surface area contributed by atoms with Gasteiger partial charge in [-0.25, -0.2) is 0 Å². The Morgan fingerprint density at radius 3 is 2.37 bits per heavy atom. The molecule has 0 saturated heterocycles. The summed E-state index contributed by atoms with van der Waals surface area (Å²) >= 11 is 3.53. The number of aromatic nitrogens is 2. The Labute approximate surface area is 122 Å². The summed E-state index contributed by atoms with van der Waals surface area (Å²) in [5.74, 6) is 0. The van der Waals surface area contributed by atoms with Crippen molar-refractivity contribution in [3.63, 3.8) is 0 Å². The molecule has 3 nitrogen and oxygen atoms in total. The van der Waals surface area contributed by atoms with Crippen LogP contribution in [0.25, 0.3) is 0 Å². The van der Waals surface area contributed by atoms with Crippen LogP contribution in [0.2, 0.25) is 0 Å². The summed E-state index contributed by atoms with van der Waals surface area (Å²) in [7, 11) is 1.91. The van der Waals surface area contributed by atoms with Crippen LogP contribution in [0, 0.1) is 13.8 Å². The van der Waals surface area contributed by atoms with Crippen LogP contribution >= 0.6 is 15.9 Å². The molecule has 0 radical (unpaired) electrons. The fourth-order valence-electron chi connectivity index (χ4n) is 2.19. The molecule has 1 N–H and O–H groups in total. The summed E-state index contributed by atoms with van der Waals surface area (Å²) < 4.78 is 2.83. The van der Waals surface area contributed by atoms with Crippen LogP contribution in [0.3, 0.4) is 0 Å². The van der Waals surface area contributed by atoms with Crippen LogP contribution in [0.5, 0.6) is 0 Å². The van der Waals surface area contributed by atoms with Gasteiger partial charge >= 0.3 is 0 Å². The second-order valence-electron chi connectivity index (χ2n) is 5.02. The number of hydrogen-bond acceptors (Lipinski definition) is 2. The predicted molar refractivity (Wildman–Crippen MR) is 80.2 cm³/mol. The van der Waals surface area contributed by atoms with E-state index in [0.717, 1.165) is 21.4 Å². The van der Waals surface area contributed by atoms with Crippen molar-refractivity contribution in [2.75, 3.05) is 0 Å². The number of rotatable bonds is 4. The summed E-state index contributed by atoms with van der Waals surface area (Å²) in [6.45, 7) is 4.02. The highest BCUT2D eigenvalue weighted by Gasteiger charge is 2.15. The Balaban J connectivity index is 2.05. The highest BCUT2D eigenvalue weighted by atomic mass is 79.9. The van der Waals surface area contributed by atoms with Crippen molar-refractivity contribution < 1.29 is 5.11 Å². The van der Waals surface area contributed by atoms with E-state index >= 15 is 0 Å². The molecule has 0 saturated carbocycles. The number of aryl methyl sites for hydroxylation is 3. The number of aliphatic hydroxyl groups excluding tert-OH is 1. The van der Waals surface area contributed by atoms with Crippen LogP contribution in [0.1, 0.15) is 22.5 Å². The van der Waals surface area contributed by atoms with Gasteiger partial charge in [0.25, 0.3) is 0 Å². The van der Waals surface area contributed by atoms with Gasteiger partial charge in [0.2, 0.25) is 0 Å². The summed E-state index contributed by atoms with van der Waals surface area (Å²) in [5.41, 5.74) is 4.40. The van der Waals surface area contributed by atoms with E-state index in [-0.39, 0.29) is 0 Å². The molecule has 1 atom stereocenters. The van der Waals surface area contributed by atoms with Gasteiger partial charge in [-0.1, -0.05) is 29.8 Å². The third kappa shape index (κ3) is 3.45. The number of nitrogens with zero attached hydrogens (tertiary/aromatic N) is 2. The van der Waals surface area contributed by atoms with Crippen molar-refractivity contribution in [2.24, 2.45) is 7.05 Å². The summed E-state index contributed by atoms with van der Waals surface area (Å²) in [4.78, 5) is 0. The van der Waals surface area contributed by atoms with Gasteiger partial charge in [-0.05, 0) is 41.8 Å². The average molecular weight is 323 g/mol. The lowest BCUT2D eigenvalue weighted by Crippen LogP contribution is -2.16. The van der Waals surface area contributed by atoms with Crippen molar-refractivity contribution in [1.82, 2.24) is 9.78 Å². The maximum atomic E-state index is 10.2. The van der Waals surface area contributed by atoms with Crippen LogP contribution in [0.4, 0.5) is 0 Å². The molecule has 0 spiro atoms. The first-order valence-electron chi connectivity index (χ1n) is 6.39. The second-order valence-corrected chi connectivity index (χ2v) is 5.81. The second kappa shape index (κ2) is 5.88. The molecule has 0 fully saturated rings. The minimum Gasteiger partial charge on any atom is -0.392 e. The lowest BCUT2D eigenvalue weighted by molar-refractivity contribution is 0.172. The summed E-state index contributed by atoms with van der Waals surface area (Å²) in [5, 5.41) is 14.6. The molecule has 1 heterocycles. The first-order valence-corrected chi connectivity index (χ1v) is 7.18. The molecule has 0 bridgehead atoms. The van der Waals surface area contributed by atoms with Crippen molar-refractivity contribution in [2.45, 2.75) is 32.8 Å². The van der Waals surface area contributed by atoms with E-state index in [1.54, 1.807) is 0 Å². The monoisotopic (exact) mass is 322 g/mol. The van der Waals surface area contributed by atoms with Crippen molar-refractivity contribution in [1.29, 1.82) is 0 Å². The Morgan fingerprint density at radius 1 is 1.21 bits per heavy atom. The fraction of sp³-hybridized carbons (Fsp3) is 0.400. The minimum absolute atomic E-state index is 0.395. The van der Waals surface area contributed by atoms with Gasteiger partial charge in [0.05, 0.1) is 22.0 Å². The van der Waals surface area contributed by atoms with Gasteiger partial charge in [-0.2, -0.15) is 5.10 Å². The fourth-order valence-corrected chi connectivity index (χ4v) is 2.69. The van der Waals surface area contributed by atoms with E-state index in [9.17, 15) is 5.11 Å².